The third-order valence-corrected chi connectivity index (χ3v) is 2.28. The SMILES string of the molecule is CCCCCNCC(C)OCCCOC. The Bertz CT molecular complexity index is 120. The monoisotopic (exact) mass is 217 g/mol. The summed E-state index contributed by atoms with van der Waals surface area (Å²) in [5.74, 6) is 0. The molecule has 0 rings (SSSR count). The summed E-state index contributed by atoms with van der Waals surface area (Å²) in [5, 5.41) is 3.40. The van der Waals surface area contributed by atoms with Gasteiger partial charge in [-0.15, -0.1) is 0 Å². The fraction of sp³-hybridized carbons (Fsp3) is 1.00. The molecule has 0 fully saturated rings. The van der Waals surface area contributed by atoms with Crippen molar-refractivity contribution >= 4 is 0 Å². The van der Waals surface area contributed by atoms with Gasteiger partial charge in [-0.05, 0) is 26.3 Å². The van der Waals surface area contributed by atoms with Crippen LogP contribution in [0, 0.1) is 0 Å². The van der Waals surface area contributed by atoms with E-state index >= 15 is 0 Å². The summed E-state index contributed by atoms with van der Waals surface area (Å²) in [6.07, 6.45) is 5.16. The highest BCUT2D eigenvalue weighted by atomic mass is 16.5. The lowest BCUT2D eigenvalue weighted by Crippen LogP contribution is -2.28. The maximum atomic E-state index is 5.61. The maximum absolute atomic E-state index is 5.61. The topological polar surface area (TPSA) is 30.5 Å². The molecular weight excluding hydrogens is 190 g/mol. The van der Waals surface area contributed by atoms with Crippen molar-refractivity contribution in [3.05, 3.63) is 0 Å². The van der Waals surface area contributed by atoms with Gasteiger partial charge < -0.3 is 14.8 Å². The molecule has 1 unspecified atom stereocenters. The summed E-state index contributed by atoms with van der Waals surface area (Å²) < 4.78 is 10.6. The van der Waals surface area contributed by atoms with Crippen LogP contribution in [0.1, 0.15) is 39.5 Å². The molecule has 15 heavy (non-hydrogen) atoms. The van der Waals surface area contributed by atoms with Gasteiger partial charge in [0, 0.05) is 26.9 Å². The van der Waals surface area contributed by atoms with Gasteiger partial charge in [-0.25, -0.2) is 0 Å². The molecule has 0 saturated carbocycles. The molecule has 0 heterocycles. The minimum atomic E-state index is 0.309. The third-order valence-electron chi connectivity index (χ3n) is 2.28. The highest BCUT2D eigenvalue weighted by Gasteiger charge is 2.00. The van der Waals surface area contributed by atoms with Crippen LogP contribution in [0.2, 0.25) is 0 Å². The quantitative estimate of drug-likeness (QED) is 0.538. The molecular formula is C12H27NO2. The van der Waals surface area contributed by atoms with Crippen molar-refractivity contribution in [1.29, 1.82) is 0 Å². The van der Waals surface area contributed by atoms with E-state index in [0.717, 1.165) is 32.7 Å². The highest BCUT2D eigenvalue weighted by molar-refractivity contribution is 4.55. The molecule has 1 N–H and O–H groups in total. The minimum Gasteiger partial charge on any atom is -0.385 e. The van der Waals surface area contributed by atoms with Crippen LogP contribution in [0.3, 0.4) is 0 Å². The predicted molar refractivity (Wildman–Crippen MR) is 64.3 cm³/mol. The lowest BCUT2D eigenvalue weighted by molar-refractivity contribution is 0.0505. The van der Waals surface area contributed by atoms with Crippen molar-refractivity contribution < 1.29 is 9.47 Å². The second kappa shape index (κ2) is 12.0. The van der Waals surface area contributed by atoms with Crippen LogP contribution in [0.5, 0.6) is 0 Å². The smallest absolute Gasteiger partial charge is 0.0671 e. The molecule has 0 aliphatic carbocycles. The van der Waals surface area contributed by atoms with Gasteiger partial charge in [-0.2, -0.15) is 0 Å². The highest BCUT2D eigenvalue weighted by Crippen LogP contribution is 1.94. The molecule has 3 nitrogen and oxygen atoms in total. The summed E-state index contributed by atoms with van der Waals surface area (Å²) in [6.45, 7) is 7.99. The Kier molecular flexibility index (Phi) is 11.9. The summed E-state index contributed by atoms with van der Waals surface area (Å²) in [6, 6.07) is 0. The van der Waals surface area contributed by atoms with Gasteiger partial charge in [0.25, 0.3) is 0 Å². The number of hydrogen-bond donors (Lipinski definition) is 1. The third kappa shape index (κ3) is 11.8. The van der Waals surface area contributed by atoms with Crippen molar-refractivity contribution in [3.63, 3.8) is 0 Å². The first kappa shape index (κ1) is 14.9. The van der Waals surface area contributed by atoms with E-state index in [4.69, 9.17) is 9.47 Å². The number of nitrogens with one attached hydrogen (secondary N) is 1. The Labute approximate surface area is 94.5 Å². The minimum absolute atomic E-state index is 0.309. The van der Waals surface area contributed by atoms with E-state index in [-0.39, 0.29) is 0 Å². The molecule has 3 heteroatoms. The first-order valence-electron chi connectivity index (χ1n) is 6.12. The number of methoxy groups -OCH3 is 1. The number of ether oxygens (including phenoxy) is 2. The van der Waals surface area contributed by atoms with Gasteiger partial charge >= 0.3 is 0 Å². The fourth-order valence-electron chi connectivity index (χ4n) is 1.35. The zero-order chi connectivity index (χ0) is 11.4. The predicted octanol–water partition coefficient (Wildman–Crippen LogP) is 2.21. The first-order chi connectivity index (χ1) is 7.31. The van der Waals surface area contributed by atoms with Crippen LogP contribution >= 0.6 is 0 Å². The van der Waals surface area contributed by atoms with E-state index in [1.54, 1.807) is 7.11 Å². The van der Waals surface area contributed by atoms with Crippen molar-refractivity contribution in [3.8, 4) is 0 Å². The van der Waals surface area contributed by atoms with Crippen LogP contribution in [0.15, 0.2) is 0 Å². The molecule has 0 aromatic rings. The van der Waals surface area contributed by atoms with Crippen molar-refractivity contribution in [2.75, 3.05) is 33.4 Å². The molecule has 0 amide bonds. The molecule has 0 radical (unpaired) electrons. The molecule has 0 bridgehead atoms. The van der Waals surface area contributed by atoms with Gasteiger partial charge in [0.2, 0.25) is 0 Å². The Morgan fingerprint density at radius 1 is 1.13 bits per heavy atom. The van der Waals surface area contributed by atoms with Gasteiger partial charge in [-0.1, -0.05) is 19.8 Å². The van der Waals surface area contributed by atoms with Crippen molar-refractivity contribution in [1.82, 2.24) is 5.32 Å². The van der Waals surface area contributed by atoms with Crippen LogP contribution < -0.4 is 5.32 Å². The van der Waals surface area contributed by atoms with Crippen LogP contribution in [-0.2, 0) is 9.47 Å². The Balaban J connectivity index is 3.08. The van der Waals surface area contributed by atoms with E-state index in [0.29, 0.717) is 6.10 Å². The summed E-state index contributed by atoms with van der Waals surface area (Å²) in [5.41, 5.74) is 0. The largest absolute Gasteiger partial charge is 0.385 e. The Morgan fingerprint density at radius 3 is 2.60 bits per heavy atom. The summed E-state index contributed by atoms with van der Waals surface area (Å²) in [7, 11) is 1.72. The first-order valence-corrected chi connectivity index (χ1v) is 6.12. The van der Waals surface area contributed by atoms with E-state index in [1.807, 2.05) is 0 Å². The average Bonchev–Trinajstić information content (AvgIpc) is 2.24. The van der Waals surface area contributed by atoms with E-state index < -0.39 is 0 Å². The summed E-state index contributed by atoms with van der Waals surface area (Å²) in [4.78, 5) is 0. The zero-order valence-corrected chi connectivity index (χ0v) is 10.6. The standard InChI is InChI=1S/C12H27NO2/c1-4-5-6-8-13-11-12(2)15-10-7-9-14-3/h12-13H,4-11H2,1-3H3. The molecule has 0 aromatic carbocycles. The Hall–Kier alpha value is -0.120. The molecule has 0 aromatic heterocycles. The van der Waals surface area contributed by atoms with Gasteiger partial charge in [0.05, 0.1) is 6.10 Å². The van der Waals surface area contributed by atoms with E-state index in [9.17, 15) is 0 Å². The zero-order valence-electron chi connectivity index (χ0n) is 10.6. The second-order valence-corrected chi connectivity index (χ2v) is 3.94. The van der Waals surface area contributed by atoms with Gasteiger partial charge in [0.15, 0.2) is 0 Å². The summed E-state index contributed by atoms with van der Waals surface area (Å²) >= 11 is 0. The lowest BCUT2D eigenvalue weighted by atomic mass is 10.2. The molecule has 0 spiro atoms. The number of rotatable bonds is 11. The van der Waals surface area contributed by atoms with Crippen molar-refractivity contribution in [2.24, 2.45) is 0 Å². The van der Waals surface area contributed by atoms with Crippen LogP contribution in [0.25, 0.3) is 0 Å². The second-order valence-electron chi connectivity index (χ2n) is 3.94. The molecule has 0 aliphatic heterocycles. The average molecular weight is 217 g/mol. The molecule has 0 saturated heterocycles. The lowest BCUT2D eigenvalue weighted by Gasteiger charge is -2.13. The van der Waals surface area contributed by atoms with Crippen LogP contribution in [-0.4, -0.2) is 39.5 Å². The van der Waals surface area contributed by atoms with Gasteiger partial charge in [-0.3, -0.25) is 0 Å². The maximum Gasteiger partial charge on any atom is 0.0671 e. The Morgan fingerprint density at radius 2 is 1.93 bits per heavy atom. The molecule has 1 atom stereocenters. The fourth-order valence-corrected chi connectivity index (χ4v) is 1.35. The number of unbranched alkanes of at least 4 members (excludes halogenated alkanes) is 2. The van der Waals surface area contributed by atoms with E-state index in [1.165, 1.54) is 19.3 Å². The van der Waals surface area contributed by atoms with Crippen molar-refractivity contribution in [2.45, 2.75) is 45.6 Å². The normalized spacial score (nSPS) is 13.0. The molecule has 92 valence electrons. The molecule has 0 aliphatic rings. The number of hydrogen-bond acceptors (Lipinski definition) is 3. The van der Waals surface area contributed by atoms with Gasteiger partial charge in [0.1, 0.15) is 0 Å². The van der Waals surface area contributed by atoms with Crippen LogP contribution in [0.4, 0.5) is 0 Å². The van der Waals surface area contributed by atoms with E-state index in [2.05, 4.69) is 19.2 Å².